The number of rotatable bonds is 3. The standard InChI is InChI=1S/C11H9BrF2N4/c12-7-3-1-6(2-4-7)8-5-9(10(13)14)17-11(16-8)18-15/h1-5,10H,15H2,(H,16,17,18). The molecular formula is C11H9BrF2N4. The van der Waals surface area contributed by atoms with Gasteiger partial charge in [0.15, 0.2) is 0 Å². The minimum absolute atomic E-state index is 0.0364. The molecule has 0 saturated carbocycles. The zero-order valence-corrected chi connectivity index (χ0v) is 10.7. The Bertz CT molecular complexity index is 545. The van der Waals surface area contributed by atoms with Crippen molar-refractivity contribution in [3.8, 4) is 11.3 Å². The summed E-state index contributed by atoms with van der Waals surface area (Å²) in [5.41, 5.74) is 2.91. The number of nitrogens with two attached hydrogens (primary N) is 1. The molecule has 1 heterocycles. The van der Waals surface area contributed by atoms with Crippen LogP contribution in [0, 0.1) is 0 Å². The van der Waals surface area contributed by atoms with E-state index in [1.807, 2.05) is 0 Å². The Hall–Kier alpha value is -1.60. The summed E-state index contributed by atoms with van der Waals surface area (Å²) in [7, 11) is 0. The maximum absolute atomic E-state index is 12.7. The molecule has 0 aliphatic carbocycles. The van der Waals surface area contributed by atoms with Crippen molar-refractivity contribution in [3.63, 3.8) is 0 Å². The van der Waals surface area contributed by atoms with Gasteiger partial charge in [0.05, 0.1) is 5.69 Å². The lowest BCUT2D eigenvalue weighted by Gasteiger charge is -2.07. The fraction of sp³-hybridized carbons (Fsp3) is 0.0909. The summed E-state index contributed by atoms with van der Waals surface area (Å²) in [5, 5.41) is 0. The fourth-order valence-corrected chi connectivity index (χ4v) is 1.68. The molecule has 0 saturated heterocycles. The number of anilines is 1. The number of nitrogens with zero attached hydrogens (tertiary/aromatic N) is 2. The highest BCUT2D eigenvalue weighted by molar-refractivity contribution is 9.10. The van der Waals surface area contributed by atoms with E-state index in [4.69, 9.17) is 5.84 Å². The number of halogens is 3. The molecule has 1 aromatic carbocycles. The second-order valence-electron chi connectivity index (χ2n) is 3.45. The molecule has 18 heavy (non-hydrogen) atoms. The molecule has 0 spiro atoms. The van der Waals surface area contributed by atoms with E-state index < -0.39 is 6.43 Å². The van der Waals surface area contributed by atoms with Gasteiger partial charge in [0.25, 0.3) is 6.43 Å². The highest BCUT2D eigenvalue weighted by atomic mass is 79.9. The third kappa shape index (κ3) is 2.80. The molecule has 0 fully saturated rings. The van der Waals surface area contributed by atoms with E-state index in [1.165, 1.54) is 6.07 Å². The highest BCUT2D eigenvalue weighted by Crippen LogP contribution is 2.25. The van der Waals surface area contributed by atoms with E-state index in [2.05, 4.69) is 31.3 Å². The Labute approximate surface area is 110 Å². The fourth-order valence-electron chi connectivity index (χ4n) is 1.41. The predicted octanol–water partition coefficient (Wildman–Crippen LogP) is 3.13. The molecule has 94 valence electrons. The van der Waals surface area contributed by atoms with Crippen LogP contribution in [0.1, 0.15) is 12.1 Å². The van der Waals surface area contributed by atoms with Crippen LogP contribution in [0.4, 0.5) is 14.7 Å². The summed E-state index contributed by atoms with van der Waals surface area (Å²) in [4.78, 5) is 7.63. The smallest absolute Gasteiger partial charge is 0.280 e. The van der Waals surface area contributed by atoms with E-state index in [0.717, 1.165) is 4.47 Å². The molecule has 0 atom stereocenters. The van der Waals surface area contributed by atoms with Gasteiger partial charge >= 0.3 is 0 Å². The minimum atomic E-state index is -2.67. The maximum Gasteiger partial charge on any atom is 0.280 e. The second-order valence-corrected chi connectivity index (χ2v) is 4.37. The summed E-state index contributed by atoms with van der Waals surface area (Å²) in [6.45, 7) is 0. The molecule has 0 bridgehead atoms. The van der Waals surface area contributed by atoms with E-state index in [-0.39, 0.29) is 11.6 Å². The highest BCUT2D eigenvalue weighted by Gasteiger charge is 2.13. The first-order chi connectivity index (χ1) is 8.60. The van der Waals surface area contributed by atoms with Crippen LogP contribution in [0.3, 0.4) is 0 Å². The summed E-state index contributed by atoms with van der Waals surface area (Å²) in [6.07, 6.45) is -2.67. The largest absolute Gasteiger partial charge is 0.292 e. The quantitative estimate of drug-likeness (QED) is 0.675. The first kappa shape index (κ1) is 12.8. The molecule has 4 nitrogen and oxygen atoms in total. The van der Waals surface area contributed by atoms with Crippen LogP contribution in [-0.4, -0.2) is 9.97 Å². The van der Waals surface area contributed by atoms with Crippen LogP contribution >= 0.6 is 15.9 Å². The Morgan fingerprint density at radius 3 is 2.39 bits per heavy atom. The summed E-state index contributed by atoms with van der Waals surface area (Å²) >= 11 is 3.30. The zero-order chi connectivity index (χ0) is 13.1. The molecular weight excluding hydrogens is 306 g/mol. The molecule has 2 rings (SSSR count). The zero-order valence-electron chi connectivity index (χ0n) is 9.07. The van der Waals surface area contributed by atoms with Crippen LogP contribution < -0.4 is 11.3 Å². The summed E-state index contributed by atoms with van der Waals surface area (Å²) in [5.74, 6) is 5.13. The summed E-state index contributed by atoms with van der Waals surface area (Å²) in [6, 6.07) is 8.38. The van der Waals surface area contributed by atoms with Crippen LogP contribution in [-0.2, 0) is 0 Å². The van der Waals surface area contributed by atoms with Crippen molar-refractivity contribution in [2.75, 3.05) is 5.43 Å². The van der Waals surface area contributed by atoms with E-state index in [0.29, 0.717) is 11.3 Å². The number of nitrogen functional groups attached to an aromatic ring is 1. The van der Waals surface area contributed by atoms with Crippen LogP contribution in [0.25, 0.3) is 11.3 Å². The molecule has 1 aromatic heterocycles. The van der Waals surface area contributed by atoms with Crippen molar-refractivity contribution < 1.29 is 8.78 Å². The lowest BCUT2D eigenvalue weighted by molar-refractivity contribution is 0.146. The van der Waals surface area contributed by atoms with Crippen molar-refractivity contribution in [2.45, 2.75) is 6.43 Å². The molecule has 0 unspecified atom stereocenters. The average Bonchev–Trinajstić information content (AvgIpc) is 2.39. The topological polar surface area (TPSA) is 63.8 Å². The number of aromatic nitrogens is 2. The van der Waals surface area contributed by atoms with Crippen molar-refractivity contribution in [1.29, 1.82) is 0 Å². The maximum atomic E-state index is 12.7. The Morgan fingerprint density at radius 2 is 1.83 bits per heavy atom. The van der Waals surface area contributed by atoms with Crippen molar-refractivity contribution in [3.05, 3.63) is 40.5 Å². The van der Waals surface area contributed by atoms with Gasteiger partial charge in [0.1, 0.15) is 5.69 Å². The molecule has 0 aliphatic rings. The average molecular weight is 315 g/mol. The molecule has 3 N–H and O–H groups in total. The van der Waals surface area contributed by atoms with Gasteiger partial charge in [-0.1, -0.05) is 28.1 Å². The van der Waals surface area contributed by atoms with Crippen LogP contribution in [0.15, 0.2) is 34.8 Å². The Morgan fingerprint density at radius 1 is 1.17 bits per heavy atom. The minimum Gasteiger partial charge on any atom is -0.292 e. The van der Waals surface area contributed by atoms with E-state index in [9.17, 15) is 8.78 Å². The number of hydrogen-bond donors (Lipinski definition) is 2. The van der Waals surface area contributed by atoms with E-state index in [1.54, 1.807) is 24.3 Å². The van der Waals surface area contributed by atoms with Gasteiger partial charge in [-0.3, -0.25) is 5.43 Å². The van der Waals surface area contributed by atoms with Gasteiger partial charge < -0.3 is 0 Å². The van der Waals surface area contributed by atoms with Crippen molar-refractivity contribution in [2.24, 2.45) is 5.84 Å². The summed E-state index contributed by atoms with van der Waals surface area (Å²) < 4.78 is 26.2. The van der Waals surface area contributed by atoms with E-state index >= 15 is 0 Å². The van der Waals surface area contributed by atoms with Gasteiger partial charge in [-0.2, -0.15) is 0 Å². The number of alkyl halides is 2. The Balaban J connectivity index is 2.49. The lowest BCUT2D eigenvalue weighted by Crippen LogP contribution is -2.12. The molecule has 0 radical (unpaired) electrons. The third-order valence-electron chi connectivity index (χ3n) is 2.24. The molecule has 7 heteroatoms. The SMILES string of the molecule is NNc1nc(-c2ccc(Br)cc2)cc(C(F)F)n1. The van der Waals surface area contributed by atoms with Crippen LogP contribution in [0.2, 0.25) is 0 Å². The third-order valence-corrected chi connectivity index (χ3v) is 2.77. The number of nitrogens with one attached hydrogen (secondary N) is 1. The van der Waals surface area contributed by atoms with Crippen molar-refractivity contribution >= 4 is 21.9 Å². The lowest BCUT2D eigenvalue weighted by atomic mass is 10.1. The first-order valence-corrected chi connectivity index (χ1v) is 5.79. The van der Waals surface area contributed by atoms with Crippen molar-refractivity contribution in [1.82, 2.24) is 9.97 Å². The Kier molecular flexibility index (Phi) is 3.83. The van der Waals surface area contributed by atoms with Gasteiger partial charge in [0.2, 0.25) is 5.95 Å². The van der Waals surface area contributed by atoms with Gasteiger partial charge in [-0.05, 0) is 18.2 Å². The first-order valence-electron chi connectivity index (χ1n) is 5.00. The molecule has 0 amide bonds. The second kappa shape index (κ2) is 5.36. The number of hydrogen-bond acceptors (Lipinski definition) is 4. The van der Waals surface area contributed by atoms with Gasteiger partial charge in [-0.15, -0.1) is 0 Å². The van der Waals surface area contributed by atoms with Crippen LogP contribution in [0.5, 0.6) is 0 Å². The predicted molar refractivity (Wildman–Crippen MR) is 67.9 cm³/mol. The van der Waals surface area contributed by atoms with Gasteiger partial charge in [0, 0.05) is 10.0 Å². The monoisotopic (exact) mass is 314 g/mol. The molecule has 2 aromatic rings. The van der Waals surface area contributed by atoms with Gasteiger partial charge in [-0.25, -0.2) is 24.6 Å². The normalized spacial score (nSPS) is 10.7. The molecule has 0 aliphatic heterocycles. The number of benzene rings is 1. The number of hydrazine groups is 1.